The number of nitrogens with zero attached hydrogens (tertiary/aromatic N) is 5. The summed E-state index contributed by atoms with van der Waals surface area (Å²) in [4.78, 5) is 30.7. The van der Waals surface area contributed by atoms with Crippen molar-refractivity contribution in [1.29, 1.82) is 5.26 Å². The number of nitriles is 1. The third kappa shape index (κ3) is 3.99. The molecule has 2 aliphatic rings. The number of hydrogen-bond donors (Lipinski definition) is 2. The maximum atomic E-state index is 14.1. The van der Waals surface area contributed by atoms with Crippen LogP contribution in [0.15, 0.2) is 27.8 Å². The van der Waals surface area contributed by atoms with E-state index in [1.165, 1.54) is 22.8 Å². The maximum Gasteiger partial charge on any atom is 0.332 e. The van der Waals surface area contributed by atoms with Gasteiger partial charge in [-0.2, -0.15) is 5.26 Å². The summed E-state index contributed by atoms with van der Waals surface area (Å²) < 4.78 is 16.5. The average Bonchev–Trinajstić information content (AvgIpc) is 3.19. The molecule has 9 nitrogen and oxygen atoms in total. The van der Waals surface area contributed by atoms with Gasteiger partial charge in [-0.15, -0.1) is 5.92 Å². The molecule has 3 N–H and O–H groups in total. The second kappa shape index (κ2) is 9.10. The van der Waals surface area contributed by atoms with Crippen molar-refractivity contribution in [3.05, 3.63) is 56.0 Å². The van der Waals surface area contributed by atoms with E-state index in [1.807, 2.05) is 11.0 Å². The lowest BCUT2D eigenvalue weighted by atomic mass is 10.1. The van der Waals surface area contributed by atoms with Gasteiger partial charge < -0.3 is 16.0 Å². The molecule has 0 aliphatic carbocycles. The van der Waals surface area contributed by atoms with E-state index in [1.54, 1.807) is 14.0 Å². The highest BCUT2D eigenvalue weighted by atomic mass is 19.1. The minimum absolute atomic E-state index is 0.0289. The van der Waals surface area contributed by atoms with Crippen LogP contribution in [0.2, 0.25) is 0 Å². The van der Waals surface area contributed by atoms with Gasteiger partial charge in [0, 0.05) is 26.2 Å². The van der Waals surface area contributed by atoms with Gasteiger partial charge in [-0.1, -0.05) is 18.1 Å². The molecule has 172 valence electrons. The van der Waals surface area contributed by atoms with Crippen molar-refractivity contribution in [1.82, 2.24) is 14.0 Å². The van der Waals surface area contributed by atoms with Crippen molar-refractivity contribution < 1.29 is 4.39 Å². The molecule has 0 spiro atoms. The van der Waals surface area contributed by atoms with Crippen LogP contribution in [-0.2, 0) is 13.6 Å². The number of likely N-dealkylation sites (tertiary alicyclic amines) is 1. The number of nitrogens with two attached hydrogens (primary N) is 1. The van der Waals surface area contributed by atoms with E-state index in [9.17, 15) is 19.2 Å². The number of nitrogens with one attached hydrogen (secondary N) is 1. The summed E-state index contributed by atoms with van der Waals surface area (Å²) >= 11 is 0. The minimum Gasteiger partial charge on any atom is -0.337 e. The average molecular weight is 452 g/mol. The Labute approximate surface area is 190 Å². The summed E-state index contributed by atoms with van der Waals surface area (Å²) in [7, 11) is 1.58. The first-order chi connectivity index (χ1) is 15.9. The fourth-order valence-corrected chi connectivity index (χ4v) is 4.51. The van der Waals surface area contributed by atoms with Gasteiger partial charge >= 0.3 is 5.69 Å². The molecule has 0 bridgehead atoms. The molecule has 0 amide bonds. The molecule has 0 saturated carbocycles. The van der Waals surface area contributed by atoms with Gasteiger partial charge in [-0.25, -0.2) is 9.18 Å². The number of piperidine rings is 1. The van der Waals surface area contributed by atoms with Crippen molar-refractivity contribution in [3.8, 4) is 17.9 Å². The number of halogens is 1. The fourth-order valence-electron chi connectivity index (χ4n) is 4.51. The summed E-state index contributed by atoms with van der Waals surface area (Å²) in [5, 5.41) is 12.7. The van der Waals surface area contributed by atoms with E-state index in [0.29, 0.717) is 18.1 Å². The number of benzene rings is 1. The first-order valence-electron chi connectivity index (χ1n) is 10.8. The quantitative estimate of drug-likeness (QED) is 0.654. The van der Waals surface area contributed by atoms with Crippen molar-refractivity contribution in [2.45, 2.75) is 38.6 Å². The molecule has 1 saturated heterocycles. The van der Waals surface area contributed by atoms with Crippen molar-refractivity contribution >= 4 is 11.5 Å². The van der Waals surface area contributed by atoms with E-state index in [4.69, 9.17) is 5.73 Å². The highest BCUT2D eigenvalue weighted by Crippen LogP contribution is 2.32. The van der Waals surface area contributed by atoms with Gasteiger partial charge in [0.1, 0.15) is 23.4 Å². The van der Waals surface area contributed by atoms with Crippen LogP contribution < -0.4 is 27.2 Å². The van der Waals surface area contributed by atoms with E-state index >= 15 is 0 Å². The summed E-state index contributed by atoms with van der Waals surface area (Å²) in [5.41, 5.74) is 5.51. The standard InChI is InChI=1S/C23H26FN7O2/c1-3-4-11-30-19-20(27-22(30)29-10-6-8-16(26)14-29)28(2)23(33)31(21(19)32)13-15-7-5-9-18(24)17(15)12-25/h5,7,9,16,22,27H,6,8,10-11,13-14,26H2,1-2H3. The summed E-state index contributed by atoms with van der Waals surface area (Å²) in [6.45, 7) is 3.24. The molecule has 4 rings (SSSR count). The van der Waals surface area contributed by atoms with Crippen molar-refractivity contribution in [2.24, 2.45) is 12.8 Å². The molecule has 1 aromatic carbocycles. The van der Waals surface area contributed by atoms with E-state index in [0.717, 1.165) is 24.0 Å². The summed E-state index contributed by atoms with van der Waals surface area (Å²) in [6.07, 6.45) is 1.50. The third-order valence-corrected chi connectivity index (χ3v) is 6.18. The van der Waals surface area contributed by atoms with E-state index < -0.39 is 17.1 Å². The van der Waals surface area contributed by atoms with Crippen molar-refractivity contribution in [2.75, 3.05) is 29.9 Å². The van der Waals surface area contributed by atoms with Gasteiger partial charge in [-0.3, -0.25) is 18.8 Å². The van der Waals surface area contributed by atoms with Gasteiger partial charge in [0.15, 0.2) is 6.29 Å². The Morgan fingerprint density at radius 3 is 2.82 bits per heavy atom. The fraction of sp³-hybridized carbons (Fsp3) is 0.435. The normalized spacial score (nSPS) is 19.9. The predicted octanol–water partition coefficient (Wildman–Crippen LogP) is 0.568. The predicted molar refractivity (Wildman–Crippen MR) is 123 cm³/mol. The lowest BCUT2D eigenvalue weighted by molar-refractivity contribution is 0.165. The van der Waals surface area contributed by atoms with Crippen LogP contribution in [-0.4, -0.2) is 46.0 Å². The highest BCUT2D eigenvalue weighted by molar-refractivity contribution is 5.72. The Hall–Kier alpha value is -3.60. The van der Waals surface area contributed by atoms with E-state index in [2.05, 4.69) is 22.1 Å². The second-order valence-electron chi connectivity index (χ2n) is 8.29. The number of fused-ring (bicyclic) bond motifs is 1. The Morgan fingerprint density at radius 2 is 2.12 bits per heavy atom. The molecular formula is C23H26FN7O2. The smallest absolute Gasteiger partial charge is 0.332 e. The minimum atomic E-state index is -0.691. The number of aromatic nitrogens is 2. The maximum absolute atomic E-state index is 14.1. The Kier molecular flexibility index (Phi) is 6.23. The Balaban J connectivity index is 1.82. The van der Waals surface area contributed by atoms with Crippen LogP contribution in [0.5, 0.6) is 0 Å². The molecule has 10 heteroatoms. The van der Waals surface area contributed by atoms with Gasteiger partial charge in [0.05, 0.1) is 18.7 Å². The van der Waals surface area contributed by atoms with Crippen LogP contribution in [0.1, 0.15) is 30.9 Å². The Bertz CT molecular complexity index is 1300. The van der Waals surface area contributed by atoms with Gasteiger partial charge in [0.2, 0.25) is 0 Å². The lowest BCUT2D eigenvalue weighted by Gasteiger charge is -2.39. The molecular weight excluding hydrogens is 425 g/mol. The zero-order chi connectivity index (χ0) is 23.7. The highest BCUT2D eigenvalue weighted by Gasteiger charge is 2.39. The van der Waals surface area contributed by atoms with Crippen LogP contribution >= 0.6 is 0 Å². The molecule has 2 aliphatic heterocycles. The zero-order valence-electron chi connectivity index (χ0n) is 18.6. The molecule has 1 fully saturated rings. The molecule has 33 heavy (non-hydrogen) atoms. The summed E-state index contributed by atoms with van der Waals surface area (Å²) in [5.74, 6) is 5.59. The lowest BCUT2D eigenvalue weighted by Crippen LogP contribution is -2.56. The zero-order valence-corrected chi connectivity index (χ0v) is 18.6. The number of rotatable bonds is 4. The molecule has 2 atom stereocenters. The van der Waals surface area contributed by atoms with Crippen LogP contribution in [0.4, 0.5) is 15.9 Å². The largest absolute Gasteiger partial charge is 0.337 e. The van der Waals surface area contributed by atoms with Crippen LogP contribution in [0.3, 0.4) is 0 Å². The number of hydrogen-bond acceptors (Lipinski definition) is 7. The summed E-state index contributed by atoms with van der Waals surface area (Å²) in [6, 6.07) is 6.02. The van der Waals surface area contributed by atoms with Crippen LogP contribution in [0.25, 0.3) is 0 Å². The molecule has 3 heterocycles. The number of anilines is 2. The SMILES string of the molecule is CC#CCN1c2c(n(C)c(=O)n(Cc3cccc(F)c3C#N)c2=O)NC1N1CCCC(N)C1. The first kappa shape index (κ1) is 22.6. The molecule has 1 aromatic heterocycles. The third-order valence-electron chi connectivity index (χ3n) is 6.18. The molecule has 2 aromatic rings. The molecule has 2 unspecified atom stereocenters. The van der Waals surface area contributed by atoms with Gasteiger partial charge in [0.25, 0.3) is 5.56 Å². The topological polar surface area (TPSA) is 112 Å². The molecule has 0 radical (unpaired) electrons. The first-order valence-corrected chi connectivity index (χ1v) is 10.8. The van der Waals surface area contributed by atoms with E-state index in [-0.39, 0.29) is 36.5 Å². The monoisotopic (exact) mass is 451 g/mol. The van der Waals surface area contributed by atoms with Gasteiger partial charge in [-0.05, 0) is 31.4 Å². The Morgan fingerprint density at radius 1 is 1.33 bits per heavy atom. The second-order valence-corrected chi connectivity index (χ2v) is 8.29. The van der Waals surface area contributed by atoms with Crippen LogP contribution in [0, 0.1) is 29.0 Å². The van der Waals surface area contributed by atoms with Crippen molar-refractivity contribution in [3.63, 3.8) is 0 Å².